The van der Waals surface area contributed by atoms with Crippen molar-refractivity contribution >= 4 is 71.6 Å². The number of carbonyl (C=O) groups excluding carboxylic acids is 12. The maximum atomic E-state index is 11.4. The van der Waals surface area contributed by atoms with Gasteiger partial charge in [-0.3, -0.25) is 4.79 Å². The van der Waals surface area contributed by atoms with Gasteiger partial charge in [0.25, 0.3) is 0 Å². The normalized spacial score (nSPS) is 37.3. The molecule has 4 heterocycles. The van der Waals surface area contributed by atoms with Crippen LogP contribution in [0.4, 0.5) is 0 Å². The van der Waals surface area contributed by atoms with Crippen LogP contribution in [0.2, 0.25) is 0 Å². The summed E-state index contributed by atoms with van der Waals surface area (Å²) in [5.74, 6) is 12.2. The molecule has 18 saturated carbocycles. The maximum absolute atomic E-state index is 11.4. The molecule has 1 N–H and O–H groups in total. The van der Waals surface area contributed by atoms with E-state index in [0.29, 0.717) is 95.0 Å². The average Bonchev–Trinajstić information content (AvgIpc) is 1.52. The summed E-state index contributed by atoms with van der Waals surface area (Å²) < 4.78 is 88.3. The molecule has 22 fully saturated rings. The number of cyclic esters (lactones) is 1. The summed E-state index contributed by atoms with van der Waals surface area (Å²) in [6.07, 6.45) is 62.3. The Morgan fingerprint density at radius 2 is 0.752 bits per heavy atom. The quantitative estimate of drug-likeness (QED) is 0.0210. The Bertz CT molecular complexity index is 4610. The summed E-state index contributed by atoms with van der Waals surface area (Å²) in [5, 5.41) is 10.4. The van der Waals surface area contributed by atoms with Crippen molar-refractivity contribution < 1.29 is 143 Å². The van der Waals surface area contributed by atoms with E-state index < -0.39 is 29.6 Å². The Hall–Kier alpha value is -9.72. The summed E-state index contributed by atoms with van der Waals surface area (Å²) >= 11 is 0. The lowest BCUT2D eigenvalue weighted by molar-refractivity contribution is -0.216. The number of aliphatic hydroxyl groups is 1. The molecule has 822 valence electrons. The highest BCUT2D eigenvalue weighted by atomic mass is 16.6. The fraction of sp³-hybridized carbons (Fsp3) is 0.697. The van der Waals surface area contributed by atoms with E-state index in [1.54, 1.807) is 0 Å². The molecule has 30 nitrogen and oxygen atoms in total. The standard InChI is InChI=1S/C15H22O3.C15H20O3.C13H18O3.2C13H18O2.C13H16O2.C11H16O5.C11H18O3.C8H12O3.C7H8O4/c2*1-2-15(16)18-7-6-17-14-9-10-8-13(14)12-5-3-4-11(10)12;1-2-11(14)16-13-6-9-3-10(7-13)5-12(15,4-9)8-13;1-2-12(14)15-13-6-9-3-10(7-13)5-11(4-9)8-13;2*1-2-13(14)15-12-7-8-6-11(12)10-5-3-4-9(8)10;1-2-10(12)15-7-5-11(13)16-8-9-4-3-6-14-9;1-4-10(12)13-7-9-6-11(3,5-2)8-14-9;1-2-8(9)11-6-7-4-3-5-10-7;1-2-6(8)11-5-3-4-10-7(5)9/h2,10-14H,1,3-9H2;2-4,10-14H,1,5-9H2;2,9-10,15H,1,3-8H2;2,9-11H,1,3-8H2;2,8-12H,1,3-7H2;2-4,8-12H,1,5-7H2;2,9H,1,3-8H2;4,9H,1,5-8H2,2-3H3;2,7H,1,3-6H2;2,5H,1,3-4H2. The largest absolute Gasteiger partial charge is 0.463 e. The van der Waals surface area contributed by atoms with Crippen LogP contribution < -0.4 is 0 Å². The van der Waals surface area contributed by atoms with Crippen molar-refractivity contribution in [3.05, 3.63) is 151 Å². The molecular weight excluding hydrogens is 1910 g/mol. The summed E-state index contributed by atoms with van der Waals surface area (Å²) in [7, 11) is 0. The third kappa shape index (κ3) is 32.2. The number of hydrogen-bond acceptors (Lipinski definition) is 30. The molecule has 24 rings (SSSR count). The monoisotopic (exact) mass is 2080 g/mol. The molecule has 16 bridgehead atoms. The van der Waals surface area contributed by atoms with Gasteiger partial charge in [-0.05, 0) is 329 Å². The van der Waals surface area contributed by atoms with Crippen molar-refractivity contribution in [1.82, 2.24) is 0 Å². The highest BCUT2D eigenvalue weighted by Crippen LogP contribution is 2.64. The molecule has 20 aliphatic carbocycles. The molecule has 0 aromatic rings. The summed E-state index contributed by atoms with van der Waals surface area (Å²) in [6, 6.07) is 0. The van der Waals surface area contributed by atoms with Crippen LogP contribution >= 0.6 is 0 Å². The second-order valence-electron chi connectivity index (χ2n) is 45.7. The molecule has 4 aliphatic heterocycles. The number of ether oxygens (including phenoxy) is 17. The lowest BCUT2D eigenvalue weighted by atomic mass is 9.52. The SMILES string of the molecule is C=CC(=O)OC12CC3CC(CC(C3)C1)C2.C=CC(=O)OC12CC3CC(CC(O)(C3)C1)C2.C=CC(=O)OC1CC2CC1C1CC=CC21.C=CC(=O)OC1CC2CC1C1CCCC21.C=CC(=O)OC1CCOC1=O.C=CC(=O)OCC1CC(C)(CC)CO1.C=CC(=O)OCC1CCCO1.C=CC(=O)OCCC(=O)OCC1CCCO1.C=CC(=O)OCCOC1CC2CC1C1CC=CC21.C=CC(=O)OCCOC1CC2CC1C1CCCC21. The van der Waals surface area contributed by atoms with Gasteiger partial charge in [0.2, 0.25) is 6.10 Å². The molecule has 27 unspecified atom stereocenters. The van der Waals surface area contributed by atoms with Crippen molar-refractivity contribution in [2.75, 3.05) is 79.3 Å². The molecule has 0 radical (unpaired) electrons. The van der Waals surface area contributed by atoms with Gasteiger partial charge in [-0.1, -0.05) is 117 Å². The molecule has 0 spiro atoms. The van der Waals surface area contributed by atoms with Gasteiger partial charge in [-0.25, -0.2) is 52.7 Å². The first-order valence-corrected chi connectivity index (χ1v) is 55.4. The number of carbonyl (C=O) groups is 12. The predicted molar refractivity (Wildman–Crippen MR) is 551 cm³/mol. The minimum Gasteiger partial charge on any atom is -0.463 e. The van der Waals surface area contributed by atoms with Crippen molar-refractivity contribution in [3.63, 3.8) is 0 Å². The lowest BCUT2D eigenvalue weighted by Crippen LogP contribution is -2.60. The molecule has 0 aromatic carbocycles. The minimum atomic E-state index is -0.722. The Morgan fingerprint density at radius 3 is 1.19 bits per heavy atom. The van der Waals surface area contributed by atoms with E-state index in [0.717, 1.165) is 235 Å². The van der Waals surface area contributed by atoms with Crippen LogP contribution in [-0.4, -0.2) is 222 Å². The Kier molecular flexibility index (Phi) is 43.5. The average molecular weight is 2080 g/mol. The Labute approximate surface area is 880 Å². The van der Waals surface area contributed by atoms with Crippen LogP contribution in [0.3, 0.4) is 0 Å². The molecule has 4 saturated heterocycles. The van der Waals surface area contributed by atoms with Crippen molar-refractivity contribution in [1.29, 1.82) is 0 Å². The number of esters is 12. The Morgan fingerprint density at radius 1 is 0.362 bits per heavy atom. The smallest absolute Gasteiger partial charge is 0.347 e. The number of rotatable bonds is 33. The van der Waals surface area contributed by atoms with Gasteiger partial charge in [-0.2, -0.15) is 0 Å². The molecule has 0 amide bonds. The van der Waals surface area contributed by atoms with Gasteiger partial charge in [0.05, 0.1) is 69.0 Å². The van der Waals surface area contributed by atoms with Crippen LogP contribution in [0, 0.1) is 130 Å². The van der Waals surface area contributed by atoms with E-state index in [2.05, 4.69) is 118 Å². The van der Waals surface area contributed by atoms with E-state index in [9.17, 15) is 62.6 Å². The first-order chi connectivity index (χ1) is 71.8. The predicted octanol–water partition coefficient (Wildman–Crippen LogP) is 17.9. The van der Waals surface area contributed by atoms with Crippen LogP contribution in [0.5, 0.6) is 0 Å². The maximum Gasteiger partial charge on any atom is 0.347 e. The second-order valence-corrected chi connectivity index (χ2v) is 45.7. The summed E-state index contributed by atoms with van der Waals surface area (Å²) in [4.78, 5) is 131. The van der Waals surface area contributed by atoms with E-state index in [1.807, 2.05) is 0 Å². The van der Waals surface area contributed by atoms with E-state index in [-0.39, 0.29) is 120 Å². The molecule has 24 aliphatic rings. The van der Waals surface area contributed by atoms with Crippen molar-refractivity contribution in [2.45, 2.75) is 311 Å². The van der Waals surface area contributed by atoms with E-state index in [1.165, 1.54) is 158 Å². The molecule has 149 heavy (non-hydrogen) atoms. The van der Waals surface area contributed by atoms with Crippen molar-refractivity contribution in [3.8, 4) is 0 Å². The fourth-order valence-corrected chi connectivity index (χ4v) is 30.5. The zero-order valence-electron chi connectivity index (χ0n) is 88.1. The molecule has 30 heteroatoms. The van der Waals surface area contributed by atoms with Gasteiger partial charge in [0.15, 0.2) is 0 Å². The van der Waals surface area contributed by atoms with Crippen LogP contribution in [0.25, 0.3) is 0 Å². The third-order valence-electron chi connectivity index (χ3n) is 36.0. The van der Waals surface area contributed by atoms with Gasteiger partial charge in [-0.15, -0.1) is 0 Å². The zero-order valence-corrected chi connectivity index (χ0v) is 88.1. The fourth-order valence-electron chi connectivity index (χ4n) is 30.5. The van der Waals surface area contributed by atoms with Crippen LogP contribution in [0.1, 0.15) is 245 Å². The van der Waals surface area contributed by atoms with Gasteiger partial charge in [0.1, 0.15) is 63.1 Å². The number of fused-ring (bicyclic) bond motifs is 20. The first-order valence-electron chi connectivity index (χ1n) is 55.4. The van der Waals surface area contributed by atoms with E-state index >= 15 is 0 Å². The minimum absolute atomic E-state index is 0.0230. The highest BCUT2D eigenvalue weighted by Gasteiger charge is 2.62. The lowest BCUT2D eigenvalue weighted by Gasteiger charge is -2.59. The van der Waals surface area contributed by atoms with Crippen LogP contribution in [0.15, 0.2) is 151 Å². The molecular formula is C119H166O30. The number of hydrogen-bond donors (Lipinski definition) is 1. The van der Waals surface area contributed by atoms with Crippen molar-refractivity contribution in [2.24, 2.45) is 130 Å². The zero-order chi connectivity index (χ0) is 107. The third-order valence-corrected chi connectivity index (χ3v) is 36.0. The summed E-state index contributed by atoms with van der Waals surface area (Å²) in [5.41, 5.74) is -0.791. The summed E-state index contributed by atoms with van der Waals surface area (Å²) in [6.45, 7) is 43.3. The molecule has 0 aromatic heterocycles. The molecule has 27 atom stereocenters. The van der Waals surface area contributed by atoms with E-state index in [4.69, 9.17) is 66.3 Å². The highest BCUT2D eigenvalue weighted by molar-refractivity contribution is 5.86. The topological polar surface area (TPSA) is 382 Å². The van der Waals surface area contributed by atoms with Gasteiger partial charge < -0.3 is 85.6 Å². The van der Waals surface area contributed by atoms with Gasteiger partial charge >= 0.3 is 71.6 Å². The Balaban J connectivity index is 0.000000139. The first kappa shape index (κ1) is 116. The number of allylic oxidation sites excluding steroid dienone is 4. The van der Waals surface area contributed by atoms with Crippen LogP contribution in [-0.2, 0) is 138 Å². The van der Waals surface area contributed by atoms with Gasteiger partial charge in [0, 0.05) is 86.8 Å². The second kappa shape index (κ2) is 55.7.